The van der Waals surface area contributed by atoms with Gasteiger partial charge in [0.15, 0.2) is 0 Å². The molecule has 124 valence electrons. The van der Waals surface area contributed by atoms with Crippen molar-refractivity contribution in [3.05, 3.63) is 72.3 Å². The first-order chi connectivity index (χ1) is 11.4. The number of halogens is 1. The summed E-state index contributed by atoms with van der Waals surface area (Å²) in [4.78, 5) is 7.61. The topological polar surface area (TPSA) is 37.9 Å². The summed E-state index contributed by atoms with van der Waals surface area (Å²) in [5.41, 5.74) is 4.93. The fourth-order valence-electron chi connectivity index (χ4n) is 3.23. The fourth-order valence-corrected chi connectivity index (χ4v) is 3.23. The van der Waals surface area contributed by atoms with E-state index in [1.54, 1.807) is 6.33 Å². The van der Waals surface area contributed by atoms with Gasteiger partial charge in [0.05, 0.1) is 18.6 Å². The average molecular weight is 341 g/mol. The van der Waals surface area contributed by atoms with Gasteiger partial charge in [-0.3, -0.25) is 0 Å². The minimum atomic E-state index is 0. The lowest BCUT2D eigenvalue weighted by Crippen LogP contribution is -2.20. The molecule has 1 N–H and O–H groups in total. The third-order valence-electron chi connectivity index (χ3n) is 4.52. The normalized spacial score (nSPS) is 16.1. The number of aryl methyl sites for hydroxylation is 1. The summed E-state index contributed by atoms with van der Waals surface area (Å²) in [6, 6.07) is 18.8. The Morgan fingerprint density at radius 1 is 1.04 bits per heavy atom. The highest BCUT2D eigenvalue weighted by atomic mass is 35.5. The Kier molecular flexibility index (Phi) is 5.21. The zero-order valence-electron chi connectivity index (χ0n) is 13.4. The Morgan fingerprint density at radius 2 is 1.88 bits per heavy atom. The zero-order chi connectivity index (χ0) is 15.5. The van der Waals surface area contributed by atoms with Crippen molar-refractivity contribution in [3.63, 3.8) is 0 Å². The van der Waals surface area contributed by atoms with Crippen LogP contribution in [0.25, 0.3) is 11.1 Å². The lowest BCUT2D eigenvalue weighted by molar-refractivity contribution is 0.233. The van der Waals surface area contributed by atoms with Crippen LogP contribution in [0.1, 0.15) is 17.8 Å². The maximum Gasteiger partial charge on any atom is 0.119 e. The highest BCUT2D eigenvalue weighted by molar-refractivity contribution is 5.85. The van der Waals surface area contributed by atoms with E-state index in [9.17, 15) is 0 Å². The van der Waals surface area contributed by atoms with E-state index in [4.69, 9.17) is 4.74 Å². The van der Waals surface area contributed by atoms with E-state index in [1.165, 1.54) is 22.5 Å². The maximum absolute atomic E-state index is 6.06. The van der Waals surface area contributed by atoms with E-state index in [2.05, 4.69) is 52.4 Å². The van der Waals surface area contributed by atoms with E-state index in [-0.39, 0.29) is 12.4 Å². The summed E-state index contributed by atoms with van der Waals surface area (Å²) in [6.45, 7) is 0.761. The molecule has 0 amide bonds. The van der Waals surface area contributed by atoms with Crippen molar-refractivity contribution in [3.8, 4) is 16.9 Å². The van der Waals surface area contributed by atoms with Gasteiger partial charge in [0.1, 0.15) is 5.75 Å². The predicted octanol–water partition coefficient (Wildman–Crippen LogP) is 4.68. The van der Waals surface area contributed by atoms with Gasteiger partial charge in [0.25, 0.3) is 0 Å². The van der Waals surface area contributed by atoms with Crippen molar-refractivity contribution in [1.82, 2.24) is 9.97 Å². The highest BCUT2D eigenvalue weighted by Gasteiger charge is 2.21. The van der Waals surface area contributed by atoms with Crippen LogP contribution in [-0.2, 0) is 12.8 Å². The Labute approximate surface area is 148 Å². The second-order valence-electron chi connectivity index (χ2n) is 6.14. The van der Waals surface area contributed by atoms with Crippen LogP contribution in [0.2, 0.25) is 0 Å². The molecule has 0 fully saturated rings. The summed E-state index contributed by atoms with van der Waals surface area (Å²) in [6.07, 6.45) is 5.04. The highest BCUT2D eigenvalue weighted by Crippen LogP contribution is 2.26. The number of nitrogens with zero attached hydrogens (tertiary/aromatic N) is 1. The molecule has 1 aromatic heterocycles. The second kappa shape index (κ2) is 7.54. The molecule has 0 aliphatic heterocycles. The van der Waals surface area contributed by atoms with Crippen molar-refractivity contribution >= 4 is 12.4 Å². The van der Waals surface area contributed by atoms with Gasteiger partial charge in [0, 0.05) is 5.69 Å². The molecule has 4 heteroatoms. The molecule has 1 aliphatic rings. The molecule has 1 unspecified atom stereocenters. The van der Waals surface area contributed by atoms with Gasteiger partial charge in [-0.1, -0.05) is 42.5 Å². The van der Waals surface area contributed by atoms with Crippen LogP contribution in [0.15, 0.2) is 60.9 Å². The number of imidazole rings is 1. The monoisotopic (exact) mass is 340 g/mol. The number of aromatic nitrogens is 2. The Morgan fingerprint density at radius 3 is 2.75 bits per heavy atom. The lowest BCUT2D eigenvalue weighted by atomic mass is 9.90. The summed E-state index contributed by atoms with van der Waals surface area (Å²) in [5, 5.41) is 0. The third-order valence-corrected chi connectivity index (χ3v) is 4.52. The van der Waals surface area contributed by atoms with E-state index < -0.39 is 0 Å². The number of rotatable bonds is 4. The van der Waals surface area contributed by atoms with Crippen LogP contribution >= 0.6 is 12.4 Å². The van der Waals surface area contributed by atoms with Gasteiger partial charge in [-0.15, -0.1) is 12.4 Å². The van der Waals surface area contributed by atoms with E-state index in [1.807, 2.05) is 12.1 Å². The number of ether oxygens (including phenoxy) is 1. The molecule has 1 heterocycles. The van der Waals surface area contributed by atoms with Crippen LogP contribution in [0, 0.1) is 5.92 Å². The molecule has 3 aromatic rings. The van der Waals surface area contributed by atoms with Gasteiger partial charge >= 0.3 is 0 Å². The first-order valence-electron chi connectivity index (χ1n) is 8.18. The molecular formula is C20H21ClN2O. The molecule has 1 aliphatic carbocycles. The van der Waals surface area contributed by atoms with E-state index in [0.29, 0.717) is 5.92 Å². The summed E-state index contributed by atoms with van der Waals surface area (Å²) in [7, 11) is 0. The summed E-state index contributed by atoms with van der Waals surface area (Å²) in [5.74, 6) is 1.50. The molecule has 24 heavy (non-hydrogen) atoms. The molecule has 0 saturated heterocycles. The SMILES string of the molecule is Cl.c1ccc(-c2cccc(OCC3CCc4nc[nH]c4C3)c2)cc1. The standard InChI is InChI=1S/C20H20N2O.ClH/c1-2-5-16(6-3-1)17-7-4-8-18(12-17)23-13-15-9-10-19-20(11-15)22-14-21-19;/h1-8,12,14-15H,9-11,13H2,(H,21,22);1H. The number of benzene rings is 2. The van der Waals surface area contributed by atoms with E-state index in [0.717, 1.165) is 31.6 Å². The van der Waals surface area contributed by atoms with Gasteiger partial charge in [-0.05, 0) is 48.4 Å². The van der Waals surface area contributed by atoms with Crippen molar-refractivity contribution in [2.24, 2.45) is 5.92 Å². The van der Waals surface area contributed by atoms with Crippen LogP contribution in [0.5, 0.6) is 5.75 Å². The van der Waals surface area contributed by atoms with Crippen LogP contribution in [0.3, 0.4) is 0 Å². The van der Waals surface area contributed by atoms with Crippen molar-refractivity contribution in [1.29, 1.82) is 0 Å². The van der Waals surface area contributed by atoms with Crippen molar-refractivity contribution in [2.45, 2.75) is 19.3 Å². The second-order valence-corrected chi connectivity index (χ2v) is 6.14. The number of H-pyrrole nitrogens is 1. The third kappa shape index (κ3) is 3.62. The summed E-state index contributed by atoms with van der Waals surface area (Å²) >= 11 is 0. The van der Waals surface area contributed by atoms with Gasteiger partial charge in [-0.2, -0.15) is 0 Å². The van der Waals surface area contributed by atoms with Gasteiger partial charge < -0.3 is 9.72 Å². The fraction of sp³-hybridized carbons (Fsp3) is 0.250. The van der Waals surface area contributed by atoms with Gasteiger partial charge in [-0.25, -0.2) is 4.98 Å². The molecule has 4 rings (SSSR count). The predicted molar refractivity (Wildman–Crippen MR) is 98.7 cm³/mol. The Bertz CT molecular complexity index is 785. The van der Waals surface area contributed by atoms with E-state index >= 15 is 0 Å². The van der Waals surface area contributed by atoms with Crippen molar-refractivity contribution < 1.29 is 4.74 Å². The number of aromatic amines is 1. The minimum absolute atomic E-state index is 0. The van der Waals surface area contributed by atoms with Crippen molar-refractivity contribution in [2.75, 3.05) is 6.61 Å². The first-order valence-corrected chi connectivity index (χ1v) is 8.18. The molecule has 1 atom stereocenters. The average Bonchev–Trinajstić information content (AvgIpc) is 3.09. The smallest absolute Gasteiger partial charge is 0.119 e. The molecule has 0 bridgehead atoms. The number of fused-ring (bicyclic) bond motifs is 1. The number of nitrogens with one attached hydrogen (secondary N) is 1. The quantitative estimate of drug-likeness (QED) is 0.748. The number of hydrogen-bond acceptors (Lipinski definition) is 2. The Balaban J connectivity index is 0.00000169. The first kappa shape index (κ1) is 16.6. The summed E-state index contributed by atoms with van der Waals surface area (Å²) < 4.78 is 6.06. The van der Waals surface area contributed by atoms with Crippen LogP contribution in [0.4, 0.5) is 0 Å². The van der Waals surface area contributed by atoms with Crippen LogP contribution in [-0.4, -0.2) is 16.6 Å². The molecule has 0 spiro atoms. The van der Waals surface area contributed by atoms with Gasteiger partial charge in [0.2, 0.25) is 0 Å². The molecular weight excluding hydrogens is 320 g/mol. The number of hydrogen-bond donors (Lipinski definition) is 1. The maximum atomic E-state index is 6.06. The molecule has 0 saturated carbocycles. The zero-order valence-corrected chi connectivity index (χ0v) is 14.3. The minimum Gasteiger partial charge on any atom is -0.493 e. The lowest BCUT2D eigenvalue weighted by Gasteiger charge is -2.21. The molecule has 2 aromatic carbocycles. The molecule has 0 radical (unpaired) electrons. The Hall–Kier alpha value is -2.26. The molecule has 3 nitrogen and oxygen atoms in total. The largest absolute Gasteiger partial charge is 0.493 e. The van der Waals surface area contributed by atoms with Crippen LogP contribution < -0.4 is 4.74 Å².